The summed E-state index contributed by atoms with van der Waals surface area (Å²) in [7, 11) is 0. The molecule has 1 atom stereocenters. The third-order valence-corrected chi connectivity index (χ3v) is 7.48. The lowest BCUT2D eigenvalue weighted by atomic mass is 9.83. The van der Waals surface area contributed by atoms with Gasteiger partial charge in [-0.05, 0) is 41.8 Å². The molecule has 1 aliphatic heterocycles. The van der Waals surface area contributed by atoms with Gasteiger partial charge < -0.3 is 19.8 Å². The van der Waals surface area contributed by atoms with E-state index >= 15 is 0 Å². The molecule has 3 heterocycles. The van der Waals surface area contributed by atoms with Crippen molar-refractivity contribution in [2.75, 3.05) is 26.2 Å². The van der Waals surface area contributed by atoms with Gasteiger partial charge in [0.05, 0.1) is 11.2 Å². The first-order valence-corrected chi connectivity index (χ1v) is 12.3. The average Bonchev–Trinajstić information content (AvgIpc) is 3.32. The topological polar surface area (TPSA) is 65.8 Å². The summed E-state index contributed by atoms with van der Waals surface area (Å²) in [4.78, 5) is 6.33. The summed E-state index contributed by atoms with van der Waals surface area (Å²) in [6, 6.07) is 11.6. The van der Waals surface area contributed by atoms with E-state index in [1.165, 1.54) is 11.3 Å². The van der Waals surface area contributed by atoms with E-state index in [9.17, 15) is 23.4 Å². The third-order valence-electron chi connectivity index (χ3n) is 6.61. The Labute approximate surface area is 220 Å². The minimum atomic E-state index is -4.47. The maximum absolute atomic E-state index is 13.3. The standard InChI is InChI=1S/C26H25F3N2O3S.BrH/c27-26(28,29)18-11-23(21-5-10-35-24(21)12-18)34-16-19(32)15-31-8-6-25(33,7-9-31)22-14-30-13-17-3-1-2-4-20(17)22;/h1-5,10-14,19,32-33H,6-9,15-16H2;1H/t19-;/m0./s1. The summed E-state index contributed by atoms with van der Waals surface area (Å²) in [5.74, 6) is 0.117. The highest BCUT2D eigenvalue weighted by atomic mass is 79.9. The molecule has 0 bridgehead atoms. The van der Waals surface area contributed by atoms with Crippen LogP contribution in [0.4, 0.5) is 13.2 Å². The van der Waals surface area contributed by atoms with Crippen molar-refractivity contribution in [1.82, 2.24) is 9.88 Å². The van der Waals surface area contributed by atoms with Crippen molar-refractivity contribution in [2.45, 2.75) is 30.7 Å². The Bertz CT molecular complexity index is 1330. The fourth-order valence-electron chi connectivity index (χ4n) is 4.72. The summed E-state index contributed by atoms with van der Waals surface area (Å²) < 4.78 is 45.9. The van der Waals surface area contributed by atoms with Crippen LogP contribution in [-0.2, 0) is 11.8 Å². The van der Waals surface area contributed by atoms with Gasteiger partial charge in [0.1, 0.15) is 18.5 Å². The molecule has 0 spiro atoms. The number of piperidine rings is 1. The van der Waals surface area contributed by atoms with Crippen LogP contribution in [0.3, 0.4) is 0 Å². The van der Waals surface area contributed by atoms with Crippen LogP contribution in [0.15, 0.2) is 60.2 Å². The van der Waals surface area contributed by atoms with Gasteiger partial charge in [0.2, 0.25) is 0 Å². The van der Waals surface area contributed by atoms with Gasteiger partial charge in [-0.3, -0.25) is 4.98 Å². The van der Waals surface area contributed by atoms with Gasteiger partial charge in [0.15, 0.2) is 0 Å². The quantitative estimate of drug-likeness (QED) is 0.302. The Balaban J connectivity index is 0.00000304. The van der Waals surface area contributed by atoms with Crippen molar-refractivity contribution < 1.29 is 28.1 Å². The van der Waals surface area contributed by atoms with Crippen LogP contribution in [0.2, 0.25) is 0 Å². The number of pyridine rings is 1. The van der Waals surface area contributed by atoms with Crippen LogP contribution >= 0.6 is 28.3 Å². The zero-order valence-corrected chi connectivity index (χ0v) is 21.8. The summed E-state index contributed by atoms with van der Waals surface area (Å²) >= 11 is 1.21. The lowest BCUT2D eigenvalue weighted by Gasteiger charge is -2.39. The van der Waals surface area contributed by atoms with E-state index in [4.69, 9.17) is 4.74 Å². The molecular formula is C26H26BrF3N2O3S. The fraction of sp³-hybridized carbons (Fsp3) is 0.346. The Morgan fingerprint density at radius 3 is 2.58 bits per heavy atom. The molecule has 0 amide bonds. The number of hydrogen-bond acceptors (Lipinski definition) is 6. The summed E-state index contributed by atoms with van der Waals surface area (Å²) in [6.45, 7) is 1.31. The molecule has 1 aliphatic rings. The number of aliphatic hydroxyl groups is 2. The second-order valence-corrected chi connectivity index (χ2v) is 9.96. The number of aromatic nitrogens is 1. The summed E-state index contributed by atoms with van der Waals surface area (Å²) in [5, 5.41) is 26.2. The van der Waals surface area contributed by atoms with Gasteiger partial charge in [-0.1, -0.05) is 24.3 Å². The fourth-order valence-corrected chi connectivity index (χ4v) is 5.56. The van der Waals surface area contributed by atoms with E-state index in [1.807, 2.05) is 29.2 Å². The van der Waals surface area contributed by atoms with E-state index in [0.717, 1.165) is 28.5 Å². The van der Waals surface area contributed by atoms with Gasteiger partial charge in [0.25, 0.3) is 0 Å². The number of alkyl halides is 3. The van der Waals surface area contributed by atoms with Crippen LogP contribution in [0, 0.1) is 0 Å². The van der Waals surface area contributed by atoms with E-state index < -0.39 is 23.4 Å². The molecule has 5 nitrogen and oxygen atoms in total. The molecule has 0 saturated carbocycles. The number of thiophene rings is 1. The van der Waals surface area contributed by atoms with Crippen molar-refractivity contribution in [1.29, 1.82) is 0 Å². The van der Waals surface area contributed by atoms with Crippen molar-refractivity contribution >= 4 is 49.2 Å². The molecule has 1 fully saturated rings. The molecule has 5 rings (SSSR count). The predicted octanol–water partition coefficient (Wildman–Crippen LogP) is 5.77. The largest absolute Gasteiger partial charge is 0.490 e. The first-order chi connectivity index (χ1) is 16.7. The highest BCUT2D eigenvalue weighted by Crippen LogP contribution is 2.39. The molecule has 36 heavy (non-hydrogen) atoms. The first-order valence-electron chi connectivity index (χ1n) is 11.4. The number of benzene rings is 2. The normalized spacial score (nSPS) is 17.1. The smallest absolute Gasteiger partial charge is 0.416 e. The van der Waals surface area contributed by atoms with Gasteiger partial charge in [0, 0.05) is 53.1 Å². The molecule has 10 heteroatoms. The molecule has 2 aromatic carbocycles. The minimum absolute atomic E-state index is 0. The first kappa shape index (κ1) is 26.8. The van der Waals surface area contributed by atoms with E-state index in [2.05, 4.69) is 4.98 Å². The van der Waals surface area contributed by atoms with Crippen molar-refractivity contribution in [2.24, 2.45) is 0 Å². The molecule has 0 unspecified atom stereocenters. The van der Waals surface area contributed by atoms with Crippen molar-refractivity contribution in [3.63, 3.8) is 0 Å². The zero-order chi connectivity index (χ0) is 24.6. The molecule has 4 aromatic rings. The number of β-amino-alcohol motifs (C(OH)–C–C–N with tert-alkyl or cyclic N) is 1. The lowest BCUT2D eigenvalue weighted by Crippen LogP contribution is -2.46. The van der Waals surface area contributed by atoms with Crippen LogP contribution < -0.4 is 4.74 Å². The molecule has 2 aromatic heterocycles. The van der Waals surface area contributed by atoms with Gasteiger partial charge in [-0.2, -0.15) is 13.2 Å². The van der Waals surface area contributed by atoms with Gasteiger partial charge in [-0.25, -0.2) is 0 Å². The molecule has 0 aliphatic carbocycles. The Morgan fingerprint density at radius 2 is 1.83 bits per heavy atom. The molecular weight excluding hydrogens is 557 g/mol. The van der Waals surface area contributed by atoms with Crippen LogP contribution in [-0.4, -0.2) is 52.4 Å². The van der Waals surface area contributed by atoms with E-state index in [0.29, 0.717) is 42.6 Å². The van der Waals surface area contributed by atoms with Crippen molar-refractivity contribution in [3.8, 4) is 5.75 Å². The average molecular weight is 583 g/mol. The SMILES string of the molecule is Br.O[C@H](COc1cc(C(F)(F)F)cc2sccc12)CN1CCC(O)(c2cncc3ccccc23)CC1. The zero-order valence-electron chi connectivity index (χ0n) is 19.2. The molecule has 1 saturated heterocycles. The van der Waals surface area contributed by atoms with Crippen LogP contribution in [0.1, 0.15) is 24.0 Å². The number of fused-ring (bicyclic) bond motifs is 2. The van der Waals surface area contributed by atoms with Gasteiger partial charge >= 0.3 is 6.18 Å². The number of aliphatic hydroxyl groups excluding tert-OH is 1. The van der Waals surface area contributed by atoms with Crippen molar-refractivity contribution in [3.05, 3.63) is 71.4 Å². The number of hydrogen-bond donors (Lipinski definition) is 2. The third kappa shape index (κ3) is 5.52. The maximum atomic E-state index is 13.3. The number of likely N-dealkylation sites (tertiary alicyclic amines) is 1. The van der Waals surface area contributed by atoms with E-state index in [-0.39, 0.29) is 29.3 Å². The predicted molar refractivity (Wildman–Crippen MR) is 140 cm³/mol. The summed E-state index contributed by atoms with van der Waals surface area (Å²) in [6.07, 6.45) is -0.885. The number of rotatable bonds is 6. The number of nitrogens with zero attached hydrogens (tertiary/aromatic N) is 2. The maximum Gasteiger partial charge on any atom is 0.416 e. The Kier molecular flexibility index (Phi) is 7.92. The van der Waals surface area contributed by atoms with Gasteiger partial charge in [-0.15, -0.1) is 28.3 Å². The van der Waals surface area contributed by atoms with Crippen LogP contribution in [0.25, 0.3) is 20.9 Å². The number of halogens is 4. The number of ether oxygens (including phenoxy) is 1. The molecule has 2 N–H and O–H groups in total. The van der Waals surface area contributed by atoms with E-state index in [1.54, 1.807) is 23.8 Å². The highest BCUT2D eigenvalue weighted by Gasteiger charge is 2.36. The Morgan fingerprint density at radius 1 is 1.08 bits per heavy atom. The second-order valence-electron chi connectivity index (χ2n) is 9.01. The van der Waals surface area contributed by atoms with Crippen LogP contribution in [0.5, 0.6) is 5.75 Å². The molecule has 192 valence electrons. The lowest BCUT2D eigenvalue weighted by molar-refractivity contribution is -0.137. The monoisotopic (exact) mass is 582 g/mol. The highest BCUT2D eigenvalue weighted by molar-refractivity contribution is 8.93. The minimum Gasteiger partial charge on any atom is -0.490 e. The summed E-state index contributed by atoms with van der Waals surface area (Å²) in [5.41, 5.74) is -0.965. The second kappa shape index (κ2) is 10.6. The Hall–Kier alpha value is -2.24. The molecule has 0 radical (unpaired) electrons.